The number of rotatable bonds is 5. The molecule has 2 aliphatic rings. The number of halogens is 2. The summed E-state index contributed by atoms with van der Waals surface area (Å²) < 4.78 is 5.06. The Bertz CT molecular complexity index is 574. The average molecular weight is 402 g/mol. The third-order valence-electron chi connectivity index (χ3n) is 5.34. The largest absolute Gasteiger partial charge is 0.468 e. The highest BCUT2D eigenvalue weighted by Crippen LogP contribution is 2.26. The van der Waals surface area contributed by atoms with Crippen LogP contribution in [0.4, 0.5) is 0 Å². The van der Waals surface area contributed by atoms with Crippen LogP contribution >= 0.6 is 24.0 Å². The van der Waals surface area contributed by atoms with E-state index in [9.17, 15) is 4.79 Å². The summed E-state index contributed by atoms with van der Waals surface area (Å²) >= 11 is 6.12. The molecule has 0 radical (unpaired) electrons. The summed E-state index contributed by atoms with van der Waals surface area (Å²) in [7, 11) is 1.45. The Morgan fingerprint density at radius 2 is 1.96 bits per heavy atom. The van der Waals surface area contributed by atoms with Crippen molar-refractivity contribution >= 4 is 30.0 Å². The molecule has 3 rings (SSSR count). The second kappa shape index (κ2) is 10.5. The molecule has 146 valence electrons. The van der Waals surface area contributed by atoms with Gasteiger partial charge in [-0.2, -0.15) is 0 Å². The minimum absolute atomic E-state index is 0. The van der Waals surface area contributed by atoms with Gasteiger partial charge in [0.2, 0.25) is 0 Å². The zero-order chi connectivity index (χ0) is 17.6. The van der Waals surface area contributed by atoms with Gasteiger partial charge in [-0.05, 0) is 49.5 Å². The van der Waals surface area contributed by atoms with Crippen LogP contribution in [0.15, 0.2) is 24.3 Å². The number of nitrogens with one attached hydrogen (secondary N) is 1. The summed E-state index contributed by atoms with van der Waals surface area (Å²) in [6.07, 6.45) is 2.54. The minimum Gasteiger partial charge on any atom is -0.468 e. The molecule has 1 aromatic carbocycles. The molecule has 1 aromatic rings. The average Bonchev–Trinajstić information content (AvgIpc) is 2.64. The van der Waals surface area contributed by atoms with Crippen LogP contribution in [-0.4, -0.2) is 68.7 Å². The Labute approximate surface area is 167 Å². The molecule has 0 saturated carbocycles. The predicted octanol–water partition coefficient (Wildman–Crippen LogP) is 2.59. The van der Waals surface area contributed by atoms with E-state index >= 15 is 0 Å². The number of hydrogen-bond acceptors (Lipinski definition) is 5. The quantitative estimate of drug-likeness (QED) is 0.768. The lowest BCUT2D eigenvalue weighted by atomic mass is 9.97. The number of hydrogen-bond donors (Lipinski definition) is 1. The second-order valence-electron chi connectivity index (χ2n) is 7.01. The van der Waals surface area contributed by atoms with Crippen molar-refractivity contribution in [3.63, 3.8) is 0 Å². The van der Waals surface area contributed by atoms with E-state index in [1.54, 1.807) is 0 Å². The monoisotopic (exact) mass is 401 g/mol. The SMILES string of the molecule is COC(=O)C(c1cccc(Cl)c1)N1CCN(CC2CCNCC2)CC1.Cl. The van der Waals surface area contributed by atoms with Gasteiger partial charge >= 0.3 is 5.97 Å². The molecule has 2 aliphatic heterocycles. The van der Waals surface area contributed by atoms with Crippen LogP contribution in [0.25, 0.3) is 0 Å². The van der Waals surface area contributed by atoms with Crippen molar-refractivity contribution in [1.82, 2.24) is 15.1 Å². The zero-order valence-electron chi connectivity index (χ0n) is 15.3. The molecule has 1 N–H and O–H groups in total. The lowest BCUT2D eigenvalue weighted by Crippen LogP contribution is -2.50. The standard InChI is InChI=1S/C19H28ClN3O2.ClH/c1-25-19(24)18(16-3-2-4-17(20)13-16)23-11-9-22(10-12-23)14-15-5-7-21-8-6-15;/h2-4,13,15,18,21H,5-12,14H2,1H3;1H. The van der Waals surface area contributed by atoms with Gasteiger partial charge in [0.1, 0.15) is 6.04 Å². The number of ether oxygens (including phenoxy) is 1. The molecule has 0 aliphatic carbocycles. The van der Waals surface area contributed by atoms with Gasteiger partial charge in [0.05, 0.1) is 7.11 Å². The maximum Gasteiger partial charge on any atom is 0.327 e. The van der Waals surface area contributed by atoms with Crippen LogP contribution in [0, 0.1) is 5.92 Å². The fourth-order valence-corrected chi connectivity index (χ4v) is 4.12. The van der Waals surface area contributed by atoms with Crippen molar-refractivity contribution in [2.24, 2.45) is 5.92 Å². The molecule has 26 heavy (non-hydrogen) atoms. The Morgan fingerprint density at radius 1 is 1.27 bits per heavy atom. The van der Waals surface area contributed by atoms with Gasteiger partial charge in [0, 0.05) is 37.7 Å². The Morgan fingerprint density at radius 3 is 2.58 bits per heavy atom. The third-order valence-corrected chi connectivity index (χ3v) is 5.57. The third kappa shape index (κ3) is 5.57. The molecule has 1 unspecified atom stereocenters. The summed E-state index contributed by atoms with van der Waals surface area (Å²) in [5.41, 5.74) is 0.908. The van der Waals surface area contributed by atoms with E-state index in [4.69, 9.17) is 16.3 Å². The highest BCUT2D eigenvalue weighted by molar-refractivity contribution is 6.30. The van der Waals surface area contributed by atoms with Gasteiger partial charge in [0.15, 0.2) is 0 Å². The first-order chi connectivity index (χ1) is 12.2. The Hall–Kier alpha value is -0.850. The van der Waals surface area contributed by atoms with Gasteiger partial charge in [-0.15, -0.1) is 12.4 Å². The summed E-state index contributed by atoms with van der Waals surface area (Å²) in [5, 5.41) is 4.08. The number of esters is 1. The Balaban J connectivity index is 0.00000243. The van der Waals surface area contributed by atoms with Crippen LogP contribution in [0.1, 0.15) is 24.4 Å². The fraction of sp³-hybridized carbons (Fsp3) is 0.632. The van der Waals surface area contributed by atoms with Gasteiger partial charge in [-0.25, -0.2) is 4.79 Å². The summed E-state index contributed by atoms with van der Waals surface area (Å²) in [5.74, 6) is 0.589. The van der Waals surface area contributed by atoms with E-state index in [0.29, 0.717) is 5.02 Å². The van der Waals surface area contributed by atoms with Crippen molar-refractivity contribution in [3.05, 3.63) is 34.9 Å². The highest BCUT2D eigenvalue weighted by atomic mass is 35.5. The fourth-order valence-electron chi connectivity index (χ4n) is 3.92. The number of piperidine rings is 1. The van der Waals surface area contributed by atoms with Gasteiger partial charge < -0.3 is 15.0 Å². The molecule has 0 spiro atoms. The maximum atomic E-state index is 12.4. The topological polar surface area (TPSA) is 44.8 Å². The normalized spacial score (nSPS) is 21.0. The molecular weight excluding hydrogens is 373 g/mol. The van der Waals surface area contributed by atoms with Gasteiger partial charge in [0.25, 0.3) is 0 Å². The molecule has 5 nitrogen and oxygen atoms in total. The number of nitrogens with zero attached hydrogens (tertiary/aromatic N) is 2. The van der Waals surface area contributed by atoms with Crippen molar-refractivity contribution < 1.29 is 9.53 Å². The molecule has 1 atom stereocenters. The number of benzene rings is 1. The molecule has 2 heterocycles. The van der Waals surface area contributed by atoms with E-state index in [-0.39, 0.29) is 24.4 Å². The summed E-state index contributed by atoms with van der Waals surface area (Å²) in [4.78, 5) is 17.2. The zero-order valence-corrected chi connectivity index (χ0v) is 16.9. The van der Waals surface area contributed by atoms with E-state index in [0.717, 1.165) is 50.7 Å². The predicted molar refractivity (Wildman–Crippen MR) is 107 cm³/mol. The molecule has 7 heteroatoms. The highest BCUT2D eigenvalue weighted by Gasteiger charge is 2.32. The van der Waals surface area contributed by atoms with E-state index < -0.39 is 0 Å². The van der Waals surface area contributed by atoms with Crippen LogP contribution in [-0.2, 0) is 9.53 Å². The summed E-state index contributed by atoms with van der Waals surface area (Å²) in [6, 6.07) is 7.17. The summed E-state index contributed by atoms with van der Waals surface area (Å²) in [6.45, 7) is 7.20. The molecule has 0 aromatic heterocycles. The number of piperazine rings is 1. The minimum atomic E-state index is -0.371. The van der Waals surface area contributed by atoms with Crippen molar-refractivity contribution in [1.29, 1.82) is 0 Å². The van der Waals surface area contributed by atoms with Crippen LogP contribution in [0.2, 0.25) is 5.02 Å². The van der Waals surface area contributed by atoms with E-state index in [1.165, 1.54) is 26.5 Å². The number of carbonyl (C=O) groups is 1. The first kappa shape index (κ1) is 21.5. The lowest BCUT2D eigenvalue weighted by Gasteiger charge is -2.40. The van der Waals surface area contributed by atoms with Gasteiger partial charge in [-0.1, -0.05) is 23.7 Å². The van der Waals surface area contributed by atoms with Crippen LogP contribution in [0.3, 0.4) is 0 Å². The van der Waals surface area contributed by atoms with Crippen molar-refractivity contribution in [2.75, 3.05) is 52.9 Å². The first-order valence-electron chi connectivity index (χ1n) is 9.18. The first-order valence-corrected chi connectivity index (χ1v) is 9.55. The molecule has 2 fully saturated rings. The van der Waals surface area contributed by atoms with Crippen molar-refractivity contribution in [3.8, 4) is 0 Å². The second-order valence-corrected chi connectivity index (χ2v) is 7.45. The molecule has 0 amide bonds. The van der Waals surface area contributed by atoms with Crippen molar-refractivity contribution in [2.45, 2.75) is 18.9 Å². The maximum absolute atomic E-state index is 12.4. The Kier molecular flexibility index (Phi) is 8.64. The van der Waals surface area contributed by atoms with E-state index in [2.05, 4.69) is 15.1 Å². The number of carbonyl (C=O) groups excluding carboxylic acids is 1. The molecular formula is C19H29Cl2N3O2. The van der Waals surface area contributed by atoms with E-state index in [1.807, 2.05) is 24.3 Å². The van der Waals surface area contributed by atoms with Gasteiger partial charge in [-0.3, -0.25) is 4.90 Å². The molecule has 0 bridgehead atoms. The van der Waals surface area contributed by atoms with Crippen LogP contribution in [0.5, 0.6) is 0 Å². The smallest absolute Gasteiger partial charge is 0.327 e. The number of methoxy groups -OCH3 is 1. The van der Waals surface area contributed by atoms with Crippen LogP contribution < -0.4 is 5.32 Å². The lowest BCUT2D eigenvalue weighted by molar-refractivity contribution is -0.148. The molecule has 2 saturated heterocycles.